The molecule has 14 heteroatoms. The minimum absolute atomic E-state index is 0.00623. The van der Waals surface area contributed by atoms with Crippen LogP contribution < -0.4 is 5.32 Å². The predicted molar refractivity (Wildman–Crippen MR) is 128 cm³/mol. The fourth-order valence-corrected chi connectivity index (χ4v) is 5.89. The maximum absolute atomic E-state index is 14.6. The molecule has 0 radical (unpaired) electrons. The number of amides is 2. The van der Waals surface area contributed by atoms with Crippen LogP contribution in [0.5, 0.6) is 0 Å². The summed E-state index contributed by atoms with van der Waals surface area (Å²) in [6.45, 7) is -0.922. The Labute approximate surface area is 218 Å². The minimum atomic E-state index is -2.22. The summed E-state index contributed by atoms with van der Waals surface area (Å²) in [6.07, 6.45) is -9.73. The largest absolute Gasteiger partial charge is 0.394 e. The van der Waals surface area contributed by atoms with E-state index in [2.05, 4.69) is 10.3 Å². The highest BCUT2D eigenvalue weighted by atomic mass is 19.2. The van der Waals surface area contributed by atoms with Crippen LogP contribution in [0.25, 0.3) is 43.6 Å². The number of nitrogens with zero attached hydrogens (tertiary/aromatic N) is 1. The number of H-pyrrole nitrogens is 1. The zero-order valence-electron chi connectivity index (χ0n) is 19.8. The van der Waals surface area contributed by atoms with E-state index in [1.54, 1.807) is 0 Å². The molecule has 5 aromatic rings. The summed E-state index contributed by atoms with van der Waals surface area (Å²) in [4.78, 5) is 28.9. The summed E-state index contributed by atoms with van der Waals surface area (Å²) < 4.78 is 79.0. The summed E-state index contributed by atoms with van der Waals surface area (Å²) in [5.41, 5.74) is -0.884. The molecule has 1 saturated heterocycles. The third-order valence-electron chi connectivity index (χ3n) is 7.62. The number of benzene rings is 3. The normalized spacial score (nSPS) is 25.1. The number of nitrogens with one attached hydrogen (secondary N) is 2. The van der Waals surface area contributed by atoms with E-state index in [1.165, 1.54) is 0 Å². The van der Waals surface area contributed by atoms with Crippen LogP contribution in [0, 0.1) is 23.3 Å². The van der Waals surface area contributed by atoms with Crippen LogP contribution in [0.3, 0.4) is 0 Å². The van der Waals surface area contributed by atoms with Crippen LogP contribution in [0.4, 0.5) is 22.0 Å². The Kier molecular flexibility index (Phi) is 5.11. The smallest absolute Gasteiger partial charge is 0.259 e. The van der Waals surface area contributed by atoms with Gasteiger partial charge in [-0.2, -0.15) is 0 Å². The monoisotopic (exact) mass is 561 g/mol. The van der Waals surface area contributed by atoms with Gasteiger partial charge in [0.15, 0.2) is 35.7 Å². The lowest BCUT2D eigenvalue weighted by atomic mass is 9.96. The van der Waals surface area contributed by atoms with Crippen molar-refractivity contribution >= 4 is 55.4 Å². The zero-order valence-corrected chi connectivity index (χ0v) is 19.8. The number of carbonyl (C=O) groups excluding carboxylic acids is 2. The number of ether oxygens (including phenoxy) is 1. The number of aromatic amines is 1. The molecule has 7 rings (SSSR count). The number of hydrogen-bond donors (Lipinski definition) is 5. The van der Waals surface area contributed by atoms with E-state index in [0.29, 0.717) is 0 Å². The molecule has 4 heterocycles. The number of halogens is 5. The van der Waals surface area contributed by atoms with Crippen LogP contribution in [0.15, 0.2) is 24.3 Å². The molecule has 2 aromatic heterocycles. The van der Waals surface area contributed by atoms with Crippen molar-refractivity contribution in [3.63, 3.8) is 0 Å². The second kappa shape index (κ2) is 8.20. The number of aromatic nitrogens is 2. The van der Waals surface area contributed by atoms with E-state index in [0.717, 1.165) is 28.8 Å². The molecule has 9 nitrogen and oxygen atoms in total. The van der Waals surface area contributed by atoms with Gasteiger partial charge in [0.25, 0.3) is 11.8 Å². The van der Waals surface area contributed by atoms with Crippen molar-refractivity contribution in [1.82, 2.24) is 14.9 Å². The van der Waals surface area contributed by atoms with Crippen molar-refractivity contribution in [2.75, 3.05) is 6.61 Å². The summed E-state index contributed by atoms with van der Waals surface area (Å²) in [5, 5.41) is 32.8. The highest BCUT2D eigenvalue weighted by Gasteiger charge is 2.47. The molecule has 40 heavy (non-hydrogen) atoms. The number of aliphatic hydroxyl groups is 3. The van der Waals surface area contributed by atoms with Crippen molar-refractivity contribution in [1.29, 1.82) is 0 Å². The lowest BCUT2D eigenvalue weighted by Gasteiger charge is -2.40. The Morgan fingerprint density at radius 2 is 1.45 bits per heavy atom. The first-order valence-corrected chi connectivity index (χ1v) is 11.9. The van der Waals surface area contributed by atoms with E-state index in [-0.39, 0.29) is 54.7 Å². The van der Waals surface area contributed by atoms with Crippen molar-refractivity contribution in [2.45, 2.75) is 30.7 Å². The summed E-state index contributed by atoms with van der Waals surface area (Å²) in [5.74, 6) is -6.97. The Hall–Kier alpha value is -4.11. The van der Waals surface area contributed by atoms with Crippen LogP contribution in [-0.2, 0) is 4.74 Å². The van der Waals surface area contributed by atoms with Gasteiger partial charge in [0.2, 0.25) is 0 Å². The number of imide groups is 1. The van der Waals surface area contributed by atoms with Gasteiger partial charge >= 0.3 is 0 Å². The molecule has 2 aliphatic heterocycles. The molecule has 5 N–H and O–H groups in total. The van der Waals surface area contributed by atoms with Gasteiger partial charge in [-0.15, -0.1) is 0 Å². The first-order chi connectivity index (χ1) is 19.0. The zero-order chi connectivity index (χ0) is 28.4. The Morgan fingerprint density at radius 1 is 0.850 bits per heavy atom. The number of rotatable bonds is 2. The fourth-order valence-electron chi connectivity index (χ4n) is 5.89. The summed E-state index contributed by atoms with van der Waals surface area (Å²) in [6, 6.07) is 3.09. The number of alkyl halides is 1. The molecule has 5 unspecified atom stereocenters. The van der Waals surface area contributed by atoms with Crippen molar-refractivity contribution < 1.29 is 51.6 Å². The lowest BCUT2D eigenvalue weighted by Crippen LogP contribution is -2.54. The molecule has 2 aliphatic rings. The predicted octanol–water partition coefficient (Wildman–Crippen LogP) is 2.82. The van der Waals surface area contributed by atoms with Gasteiger partial charge in [-0.05, 0) is 12.1 Å². The molecule has 0 bridgehead atoms. The highest BCUT2D eigenvalue weighted by Crippen LogP contribution is 2.46. The molecule has 0 saturated carbocycles. The quantitative estimate of drug-likeness (QED) is 0.166. The molecule has 5 atom stereocenters. The Balaban J connectivity index is 1.74. The third-order valence-corrected chi connectivity index (χ3v) is 7.62. The first kappa shape index (κ1) is 24.9. The highest BCUT2D eigenvalue weighted by molar-refractivity contribution is 6.39. The SMILES string of the molecule is O=C1NC(=O)c2c1c1c3cc(F)c(F)cc3[nH]c1c1c2c2cc(F)c(F)cc2n1C1OC(CO)C(F)C(O)C1O. The average Bonchev–Trinajstić information content (AvgIpc) is 3.52. The molecular weight excluding hydrogens is 545 g/mol. The van der Waals surface area contributed by atoms with Gasteiger partial charge in [0.1, 0.15) is 18.3 Å². The third kappa shape index (κ3) is 3.04. The Morgan fingerprint density at radius 3 is 2.12 bits per heavy atom. The molecule has 2 amide bonds. The maximum Gasteiger partial charge on any atom is 0.259 e. The van der Waals surface area contributed by atoms with Crippen LogP contribution in [0.1, 0.15) is 26.9 Å². The average molecular weight is 561 g/mol. The molecule has 0 spiro atoms. The Bertz CT molecular complexity index is 1970. The van der Waals surface area contributed by atoms with Gasteiger partial charge in [-0.3, -0.25) is 14.9 Å². The summed E-state index contributed by atoms with van der Waals surface area (Å²) >= 11 is 0. The molecule has 1 fully saturated rings. The molecule has 0 aliphatic carbocycles. The number of carbonyl (C=O) groups is 2. The molecule has 206 valence electrons. The second-order valence-corrected chi connectivity index (χ2v) is 9.77. The molecular formula is C26H16F5N3O6. The van der Waals surface area contributed by atoms with E-state index >= 15 is 0 Å². The maximum atomic E-state index is 14.6. The fraction of sp³-hybridized carbons (Fsp3) is 0.231. The van der Waals surface area contributed by atoms with Crippen molar-refractivity contribution in [3.8, 4) is 0 Å². The summed E-state index contributed by atoms with van der Waals surface area (Å²) in [7, 11) is 0. The topological polar surface area (TPSA) is 137 Å². The van der Waals surface area contributed by atoms with Gasteiger partial charge in [-0.25, -0.2) is 22.0 Å². The minimum Gasteiger partial charge on any atom is -0.394 e. The lowest BCUT2D eigenvalue weighted by molar-refractivity contribution is -0.233. The van der Waals surface area contributed by atoms with Gasteiger partial charge in [0, 0.05) is 39.2 Å². The van der Waals surface area contributed by atoms with Crippen LogP contribution >= 0.6 is 0 Å². The van der Waals surface area contributed by atoms with E-state index in [4.69, 9.17) is 4.74 Å². The van der Waals surface area contributed by atoms with Gasteiger partial charge in [0.05, 0.1) is 34.3 Å². The van der Waals surface area contributed by atoms with E-state index in [9.17, 15) is 46.9 Å². The van der Waals surface area contributed by atoms with Gasteiger partial charge in [-0.1, -0.05) is 0 Å². The number of aliphatic hydroxyl groups excluding tert-OH is 3. The first-order valence-electron chi connectivity index (χ1n) is 11.9. The van der Waals surface area contributed by atoms with E-state index in [1.807, 2.05) is 0 Å². The van der Waals surface area contributed by atoms with Crippen LogP contribution in [0.2, 0.25) is 0 Å². The van der Waals surface area contributed by atoms with Gasteiger partial charge < -0.3 is 29.6 Å². The van der Waals surface area contributed by atoms with E-state index < -0.39 is 72.4 Å². The van der Waals surface area contributed by atoms with Crippen molar-refractivity contribution in [2.24, 2.45) is 0 Å². The number of hydrogen-bond acceptors (Lipinski definition) is 6. The van der Waals surface area contributed by atoms with Crippen molar-refractivity contribution in [3.05, 3.63) is 58.7 Å². The second-order valence-electron chi connectivity index (χ2n) is 9.77. The standard InChI is InChI=1S/C26H16F5N3O6/c27-8-1-6-12(3-10(8)29)32-20-15(6)17-18(25(39)33-24(17)38)16-7-2-9(28)11(30)4-13(7)34(21(16)20)26-23(37)22(36)19(31)14(5-35)40-26/h1-4,14,19,22-23,26,32,35-37H,5H2,(H,33,38,39). The van der Waals surface area contributed by atoms with Crippen LogP contribution in [-0.4, -0.2) is 67.8 Å². The molecule has 3 aromatic carbocycles. The number of fused-ring (bicyclic) bond motifs is 10.